The van der Waals surface area contributed by atoms with E-state index in [1.54, 1.807) is 24.5 Å². The summed E-state index contributed by atoms with van der Waals surface area (Å²) >= 11 is 0. The molecule has 0 saturated carbocycles. The fourth-order valence-electron chi connectivity index (χ4n) is 4.37. The molecular formula is C20H23FN6. The summed E-state index contributed by atoms with van der Waals surface area (Å²) in [4.78, 5) is 15.3. The van der Waals surface area contributed by atoms with Gasteiger partial charge in [-0.15, -0.1) is 0 Å². The summed E-state index contributed by atoms with van der Waals surface area (Å²) in [5.74, 6) is 1.89. The van der Waals surface area contributed by atoms with E-state index in [0.717, 1.165) is 44.1 Å². The first-order chi connectivity index (χ1) is 13.1. The molecule has 2 aromatic rings. The molecular weight excluding hydrogens is 343 g/mol. The van der Waals surface area contributed by atoms with E-state index in [2.05, 4.69) is 25.8 Å². The van der Waals surface area contributed by atoms with Gasteiger partial charge in [0.05, 0.1) is 11.3 Å². The number of fused-ring (bicyclic) bond motifs is 1. The lowest BCUT2D eigenvalue weighted by Gasteiger charge is -2.40. The highest BCUT2D eigenvalue weighted by atomic mass is 19.1. The molecule has 6 nitrogen and oxygen atoms in total. The summed E-state index contributed by atoms with van der Waals surface area (Å²) in [6, 6.07) is 7.05. The molecule has 2 fully saturated rings. The summed E-state index contributed by atoms with van der Waals surface area (Å²) < 4.78 is 14.6. The number of hydrogen-bond donors (Lipinski definition) is 0. The van der Waals surface area contributed by atoms with E-state index in [4.69, 9.17) is 0 Å². The molecule has 0 spiro atoms. The van der Waals surface area contributed by atoms with Crippen molar-refractivity contribution in [3.05, 3.63) is 42.0 Å². The van der Waals surface area contributed by atoms with Gasteiger partial charge < -0.3 is 14.7 Å². The summed E-state index contributed by atoms with van der Waals surface area (Å²) in [5, 5.41) is 9.45. The molecule has 2 atom stereocenters. The minimum Gasteiger partial charge on any atom is -0.363 e. The van der Waals surface area contributed by atoms with Gasteiger partial charge >= 0.3 is 0 Å². The number of para-hydroxylation sites is 1. The molecule has 0 aliphatic carbocycles. The zero-order valence-electron chi connectivity index (χ0n) is 15.6. The average Bonchev–Trinajstić information content (AvgIpc) is 3.10. The van der Waals surface area contributed by atoms with Gasteiger partial charge in [0, 0.05) is 52.2 Å². The normalized spacial score (nSPS) is 21.7. The van der Waals surface area contributed by atoms with Crippen molar-refractivity contribution in [1.29, 1.82) is 5.26 Å². The molecule has 0 N–H and O–H groups in total. The van der Waals surface area contributed by atoms with Crippen molar-refractivity contribution >= 4 is 17.3 Å². The number of piperidine rings is 1. The van der Waals surface area contributed by atoms with E-state index in [-0.39, 0.29) is 11.9 Å². The minimum atomic E-state index is -0.319. The van der Waals surface area contributed by atoms with Crippen LogP contribution >= 0.6 is 0 Å². The molecule has 0 amide bonds. The van der Waals surface area contributed by atoms with Crippen LogP contribution in [0.3, 0.4) is 0 Å². The number of halogens is 1. The first kappa shape index (κ1) is 17.5. The molecule has 7 heteroatoms. The van der Waals surface area contributed by atoms with Crippen LogP contribution in [0, 0.1) is 23.1 Å². The quantitative estimate of drug-likeness (QED) is 0.832. The van der Waals surface area contributed by atoms with Crippen molar-refractivity contribution in [2.75, 3.05) is 48.4 Å². The van der Waals surface area contributed by atoms with Crippen LogP contribution in [0.4, 0.5) is 21.7 Å². The minimum absolute atomic E-state index is 0.166. The Hall–Kier alpha value is -2.88. The van der Waals surface area contributed by atoms with E-state index >= 15 is 0 Å². The Kier molecular flexibility index (Phi) is 4.56. The second kappa shape index (κ2) is 7.03. The van der Waals surface area contributed by atoms with Crippen LogP contribution in [-0.4, -0.2) is 49.7 Å². The topological polar surface area (TPSA) is 59.3 Å². The third-order valence-corrected chi connectivity index (χ3v) is 5.64. The molecule has 140 valence electrons. The lowest BCUT2D eigenvalue weighted by Crippen LogP contribution is -2.49. The molecule has 1 aromatic heterocycles. The second-order valence-corrected chi connectivity index (χ2v) is 7.39. The van der Waals surface area contributed by atoms with Gasteiger partial charge in [0.2, 0.25) is 0 Å². The molecule has 27 heavy (non-hydrogen) atoms. The van der Waals surface area contributed by atoms with Gasteiger partial charge in [0.25, 0.3) is 0 Å². The van der Waals surface area contributed by atoms with E-state index in [9.17, 15) is 9.65 Å². The maximum absolute atomic E-state index is 14.6. The summed E-state index contributed by atoms with van der Waals surface area (Å²) in [6.07, 6.45) is 5.47. The van der Waals surface area contributed by atoms with E-state index in [0.29, 0.717) is 17.2 Å². The van der Waals surface area contributed by atoms with Gasteiger partial charge in [0.1, 0.15) is 11.9 Å². The number of nitrogens with zero attached hydrogens (tertiary/aromatic N) is 6. The van der Waals surface area contributed by atoms with Crippen LogP contribution < -0.4 is 14.7 Å². The Labute approximate surface area is 158 Å². The van der Waals surface area contributed by atoms with Gasteiger partial charge in [-0.1, -0.05) is 6.07 Å². The SMILES string of the molecule is CN(C)c1nccnc1N1CCC2CCN(c3c(F)cccc3C#N)C2C1. The van der Waals surface area contributed by atoms with Crippen molar-refractivity contribution in [3.8, 4) is 6.07 Å². The number of rotatable bonds is 3. The van der Waals surface area contributed by atoms with E-state index in [1.165, 1.54) is 6.07 Å². The van der Waals surface area contributed by atoms with Crippen LogP contribution in [0.25, 0.3) is 0 Å². The van der Waals surface area contributed by atoms with Gasteiger partial charge in [-0.25, -0.2) is 14.4 Å². The molecule has 2 unspecified atom stereocenters. The zero-order chi connectivity index (χ0) is 19.0. The van der Waals surface area contributed by atoms with Crippen molar-refractivity contribution < 1.29 is 4.39 Å². The highest BCUT2D eigenvalue weighted by Gasteiger charge is 2.40. The summed E-state index contributed by atoms with van der Waals surface area (Å²) in [5.41, 5.74) is 0.850. The van der Waals surface area contributed by atoms with E-state index < -0.39 is 0 Å². The highest BCUT2D eigenvalue weighted by Crippen LogP contribution is 2.39. The predicted molar refractivity (Wildman–Crippen MR) is 104 cm³/mol. The average molecular weight is 366 g/mol. The second-order valence-electron chi connectivity index (χ2n) is 7.39. The van der Waals surface area contributed by atoms with Crippen LogP contribution in [0.2, 0.25) is 0 Å². The Morgan fingerprint density at radius 2 is 1.96 bits per heavy atom. The predicted octanol–water partition coefficient (Wildman–Crippen LogP) is 2.66. The van der Waals surface area contributed by atoms with Crippen molar-refractivity contribution in [2.45, 2.75) is 18.9 Å². The summed E-state index contributed by atoms with van der Waals surface area (Å²) in [7, 11) is 3.92. The maximum atomic E-state index is 14.6. The molecule has 2 aliphatic rings. The first-order valence-electron chi connectivity index (χ1n) is 9.28. The van der Waals surface area contributed by atoms with Crippen molar-refractivity contribution in [3.63, 3.8) is 0 Å². The summed E-state index contributed by atoms with van der Waals surface area (Å²) in [6.45, 7) is 2.44. The number of hydrogen-bond acceptors (Lipinski definition) is 6. The fraction of sp³-hybridized carbons (Fsp3) is 0.450. The maximum Gasteiger partial charge on any atom is 0.172 e. The molecule has 2 saturated heterocycles. The monoisotopic (exact) mass is 366 g/mol. The standard InChI is InChI=1S/C20H23FN6/c1-25(2)19-20(24-9-8-23-19)26-10-6-14-7-11-27(17(14)13-26)18-15(12-22)4-3-5-16(18)21/h3-5,8-9,14,17H,6-7,10-11,13H2,1-2H3. The molecule has 2 aliphatic heterocycles. The number of nitriles is 1. The fourth-order valence-corrected chi connectivity index (χ4v) is 4.37. The van der Waals surface area contributed by atoms with Crippen LogP contribution in [0.15, 0.2) is 30.6 Å². The lowest BCUT2D eigenvalue weighted by atomic mass is 9.92. The Morgan fingerprint density at radius 3 is 2.74 bits per heavy atom. The number of benzene rings is 1. The Bertz CT molecular complexity index is 877. The molecule has 4 rings (SSSR count). The van der Waals surface area contributed by atoms with Gasteiger partial charge in [-0.2, -0.15) is 5.26 Å². The molecule has 3 heterocycles. The smallest absolute Gasteiger partial charge is 0.172 e. The van der Waals surface area contributed by atoms with Crippen molar-refractivity contribution in [1.82, 2.24) is 9.97 Å². The molecule has 1 aromatic carbocycles. The van der Waals surface area contributed by atoms with Crippen molar-refractivity contribution in [2.24, 2.45) is 5.92 Å². The zero-order valence-corrected chi connectivity index (χ0v) is 15.6. The van der Waals surface area contributed by atoms with E-state index in [1.807, 2.05) is 19.0 Å². The van der Waals surface area contributed by atoms with Crippen LogP contribution in [0.1, 0.15) is 18.4 Å². The Balaban J connectivity index is 1.66. The Morgan fingerprint density at radius 1 is 1.19 bits per heavy atom. The third kappa shape index (κ3) is 3.05. The van der Waals surface area contributed by atoms with Gasteiger partial charge in [-0.3, -0.25) is 0 Å². The van der Waals surface area contributed by atoms with Gasteiger partial charge in [0.15, 0.2) is 11.6 Å². The largest absolute Gasteiger partial charge is 0.363 e. The first-order valence-corrected chi connectivity index (χ1v) is 9.28. The number of aromatic nitrogens is 2. The molecule has 0 bridgehead atoms. The van der Waals surface area contributed by atoms with Gasteiger partial charge in [-0.05, 0) is 30.9 Å². The number of anilines is 3. The lowest BCUT2D eigenvalue weighted by molar-refractivity contribution is 0.388. The third-order valence-electron chi connectivity index (χ3n) is 5.64. The van der Waals surface area contributed by atoms with Crippen LogP contribution in [-0.2, 0) is 0 Å². The van der Waals surface area contributed by atoms with Crippen LogP contribution in [0.5, 0.6) is 0 Å². The molecule has 0 radical (unpaired) electrons. The highest BCUT2D eigenvalue weighted by molar-refractivity contribution is 5.64.